The van der Waals surface area contributed by atoms with E-state index < -0.39 is 71.9 Å². The van der Waals surface area contributed by atoms with E-state index in [0.29, 0.717) is 16.6 Å². The fourth-order valence-corrected chi connectivity index (χ4v) is 5.53. The van der Waals surface area contributed by atoms with Gasteiger partial charge < -0.3 is 48.8 Å². The Morgan fingerprint density at radius 1 is 0.980 bits per heavy atom. The third kappa shape index (κ3) is 9.85. The second-order valence-corrected chi connectivity index (χ2v) is 11.7. The Hall–Kier alpha value is -5.84. The SMILES string of the molecule is NC(=O)[C@H](Cc1c[nH]c2cccc(F)c12)NC(=O)CNC(=O)[C@H](CCCN=C(N)N)NC(=O)[C@@H]1C=CCN1C(=O)[C@@H](N)Cc1ccc(F)cc1. The molecule has 1 aliphatic rings. The molecule has 0 aliphatic carbocycles. The van der Waals surface area contributed by atoms with Crippen molar-refractivity contribution in [1.82, 2.24) is 25.8 Å². The highest BCUT2D eigenvalue weighted by molar-refractivity contribution is 5.96. The number of nitrogens with one attached hydrogen (secondary N) is 4. The number of aliphatic imine (C=N–C) groups is 1. The highest BCUT2D eigenvalue weighted by Crippen LogP contribution is 2.22. The van der Waals surface area contributed by atoms with Crippen LogP contribution in [0.2, 0.25) is 0 Å². The summed E-state index contributed by atoms with van der Waals surface area (Å²) in [7, 11) is 0. The predicted octanol–water partition coefficient (Wildman–Crippen LogP) is -1.05. The quantitative estimate of drug-likeness (QED) is 0.0396. The van der Waals surface area contributed by atoms with Crippen molar-refractivity contribution in [2.24, 2.45) is 27.9 Å². The number of carbonyl (C=O) groups excluding carboxylic acids is 5. The van der Waals surface area contributed by atoms with E-state index in [2.05, 4.69) is 25.9 Å². The topological polar surface area (TPSA) is 257 Å². The number of aromatic amines is 1. The fraction of sp³-hybridized carbons (Fsp3) is 0.333. The van der Waals surface area contributed by atoms with Gasteiger partial charge in [-0.15, -0.1) is 0 Å². The van der Waals surface area contributed by atoms with E-state index in [9.17, 15) is 32.8 Å². The van der Waals surface area contributed by atoms with Crippen LogP contribution < -0.4 is 38.9 Å². The molecule has 17 heteroatoms. The molecule has 3 aromatic rings. The molecule has 0 saturated carbocycles. The minimum absolute atomic E-state index is 0.0560. The zero-order valence-corrected chi connectivity index (χ0v) is 27.0. The summed E-state index contributed by atoms with van der Waals surface area (Å²) in [5.41, 5.74) is 24.0. The highest BCUT2D eigenvalue weighted by Gasteiger charge is 2.35. The van der Waals surface area contributed by atoms with Crippen LogP contribution in [0.4, 0.5) is 8.78 Å². The van der Waals surface area contributed by atoms with E-state index in [1.165, 1.54) is 53.6 Å². The summed E-state index contributed by atoms with van der Waals surface area (Å²) < 4.78 is 27.7. The van der Waals surface area contributed by atoms with Crippen molar-refractivity contribution in [1.29, 1.82) is 0 Å². The highest BCUT2D eigenvalue weighted by atomic mass is 19.1. The normalized spacial score (nSPS) is 15.6. The summed E-state index contributed by atoms with van der Waals surface area (Å²) in [5.74, 6) is -4.67. The molecular formula is C33H40F2N10O5. The van der Waals surface area contributed by atoms with Gasteiger partial charge in [0.2, 0.25) is 29.5 Å². The fourth-order valence-electron chi connectivity index (χ4n) is 5.53. The molecule has 50 heavy (non-hydrogen) atoms. The molecule has 4 atom stereocenters. The van der Waals surface area contributed by atoms with Crippen molar-refractivity contribution in [3.8, 4) is 0 Å². The van der Waals surface area contributed by atoms with Gasteiger partial charge in [-0.05, 0) is 54.7 Å². The summed E-state index contributed by atoms with van der Waals surface area (Å²) in [6.07, 6.45) is 4.95. The van der Waals surface area contributed by atoms with Crippen LogP contribution in [0.25, 0.3) is 10.9 Å². The van der Waals surface area contributed by atoms with Crippen LogP contribution in [0.15, 0.2) is 65.8 Å². The number of H-pyrrole nitrogens is 1. The van der Waals surface area contributed by atoms with E-state index in [4.69, 9.17) is 22.9 Å². The molecule has 1 aliphatic heterocycles. The average molecular weight is 695 g/mol. The number of nitrogens with two attached hydrogens (primary N) is 4. The van der Waals surface area contributed by atoms with Gasteiger partial charge in [0, 0.05) is 36.6 Å². The number of nitrogens with zero attached hydrogens (tertiary/aromatic N) is 2. The molecule has 0 unspecified atom stereocenters. The van der Waals surface area contributed by atoms with Crippen LogP contribution in [0.1, 0.15) is 24.0 Å². The van der Waals surface area contributed by atoms with Gasteiger partial charge >= 0.3 is 0 Å². The Bertz CT molecular complexity index is 1770. The number of halogens is 2. The first kappa shape index (κ1) is 37.0. The second-order valence-electron chi connectivity index (χ2n) is 11.7. The van der Waals surface area contributed by atoms with Gasteiger partial charge in [0.05, 0.1) is 12.6 Å². The number of rotatable bonds is 16. The van der Waals surface area contributed by atoms with Crippen LogP contribution in [0.5, 0.6) is 0 Å². The average Bonchev–Trinajstić information content (AvgIpc) is 3.73. The molecule has 0 radical (unpaired) electrons. The lowest BCUT2D eigenvalue weighted by molar-refractivity contribution is -0.139. The monoisotopic (exact) mass is 694 g/mol. The van der Waals surface area contributed by atoms with Crippen LogP contribution in [-0.2, 0) is 36.8 Å². The molecule has 0 spiro atoms. The Labute approximate surface area is 285 Å². The lowest BCUT2D eigenvalue weighted by Gasteiger charge is -2.28. The third-order valence-electron chi connectivity index (χ3n) is 8.03. The zero-order valence-electron chi connectivity index (χ0n) is 27.0. The summed E-state index contributed by atoms with van der Waals surface area (Å²) in [6, 6.07) is 5.49. The zero-order chi connectivity index (χ0) is 36.4. The molecule has 2 heterocycles. The minimum Gasteiger partial charge on any atom is -0.370 e. The molecule has 0 bridgehead atoms. The van der Waals surface area contributed by atoms with Crippen molar-refractivity contribution in [3.05, 3.63) is 83.6 Å². The van der Waals surface area contributed by atoms with Crippen molar-refractivity contribution in [3.63, 3.8) is 0 Å². The standard InChI is InChI=1S/C33H40F2N10O5/c34-20-10-8-18(9-11-20)14-22(36)32(50)45-13-3-7-26(45)31(49)44-24(6-2-12-40-33(38)39)30(48)42-17-27(46)43-25(29(37)47)15-19-16-41-23-5-1-4-21(35)28(19)23/h1,3-5,7-11,16,22,24-26,41H,2,6,12-15,17,36H2,(H2,37,47)(H,42,48)(H,43,46)(H,44,49)(H4,38,39,40)/t22-,24-,25-,26-/m0/s1. The van der Waals surface area contributed by atoms with Gasteiger partial charge in [-0.3, -0.25) is 29.0 Å². The number of benzene rings is 2. The molecule has 15 nitrogen and oxygen atoms in total. The van der Waals surface area contributed by atoms with Crippen LogP contribution in [-0.4, -0.2) is 89.2 Å². The Morgan fingerprint density at radius 2 is 1.72 bits per heavy atom. The van der Waals surface area contributed by atoms with Crippen LogP contribution in [0, 0.1) is 11.6 Å². The molecule has 0 saturated heterocycles. The maximum Gasteiger partial charge on any atom is 0.247 e. The summed E-state index contributed by atoms with van der Waals surface area (Å²) in [5, 5.41) is 7.77. The molecule has 0 fully saturated rings. The van der Waals surface area contributed by atoms with Crippen molar-refractivity contribution in [2.75, 3.05) is 19.6 Å². The van der Waals surface area contributed by atoms with E-state index in [1.807, 2.05) is 0 Å². The van der Waals surface area contributed by atoms with Crippen molar-refractivity contribution >= 4 is 46.4 Å². The number of fused-ring (bicyclic) bond motifs is 1. The van der Waals surface area contributed by atoms with Gasteiger partial charge in [0.1, 0.15) is 29.8 Å². The number of aromatic nitrogens is 1. The van der Waals surface area contributed by atoms with Gasteiger partial charge in [0.15, 0.2) is 5.96 Å². The Kier molecular flexibility index (Phi) is 12.6. The number of carbonyl (C=O) groups is 5. The van der Waals surface area contributed by atoms with Gasteiger partial charge in [-0.2, -0.15) is 0 Å². The van der Waals surface area contributed by atoms with Crippen LogP contribution in [0.3, 0.4) is 0 Å². The number of guanidine groups is 1. The molecule has 5 amide bonds. The first-order valence-electron chi connectivity index (χ1n) is 15.8. The molecule has 266 valence electrons. The number of amides is 5. The number of hydrogen-bond donors (Lipinski definition) is 8. The summed E-state index contributed by atoms with van der Waals surface area (Å²) >= 11 is 0. The number of hydrogen-bond acceptors (Lipinski definition) is 7. The van der Waals surface area contributed by atoms with Gasteiger partial charge in [-0.1, -0.05) is 30.4 Å². The van der Waals surface area contributed by atoms with Gasteiger partial charge in [0.25, 0.3) is 0 Å². The maximum atomic E-state index is 14.4. The Balaban J connectivity index is 1.37. The molecule has 1 aromatic heterocycles. The minimum atomic E-state index is -1.22. The smallest absolute Gasteiger partial charge is 0.247 e. The van der Waals surface area contributed by atoms with E-state index >= 15 is 0 Å². The first-order valence-corrected chi connectivity index (χ1v) is 15.8. The van der Waals surface area contributed by atoms with Gasteiger partial charge in [-0.25, -0.2) is 8.78 Å². The largest absolute Gasteiger partial charge is 0.370 e. The van der Waals surface area contributed by atoms with Crippen molar-refractivity contribution in [2.45, 2.75) is 49.9 Å². The van der Waals surface area contributed by atoms with E-state index in [-0.39, 0.29) is 50.1 Å². The van der Waals surface area contributed by atoms with Crippen molar-refractivity contribution < 1.29 is 32.8 Å². The lowest BCUT2D eigenvalue weighted by atomic mass is 10.0. The molecule has 12 N–H and O–H groups in total. The summed E-state index contributed by atoms with van der Waals surface area (Å²) in [4.78, 5) is 72.9. The van der Waals surface area contributed by atoms with E-state index in [0.717, 1.165) is 0 Å². The molecule has 4 rings (SSSR count). The second kappa shape index (κ2) is 17.0. The summed E-state index contributed by atoms with van der Waals surface area (Å²) in [6.45, 7) is -0.345. The third-order valence-corrected chi connectivity index (χ3v) is 8.03. The van der Waals surface area contributed by atoms with E-state index in [1.54, 1.807) is 12.1 Å². The maximum absolute atomic E-state index is 14.4. The molecule has 2 aromatic carbocycles. The lowest BCUT2D eigenvalue weighted by Crippen LogP contribution is -2.56. The Morgan fingerprint density at radius 3 is 2.42 bits per heavy atom. The predicted molar refractivity (Wildman–Crippen MR) is 181 cm³/mol. The van der Waals surface area contributed by atoms with Crippen LogP contribution >= 0.6 is 0 Å². The molecular weight excluding hydrogens is 654 g/mol. The number of primary amides is 1. The first-order chi connectivity index (χ1) is 23.8.